The van der Waals surface area contributed by atoms with Crippen molar-refractivity contribution in [1.82, 2.24) is 14.4 Å². The fraction of sp³-hybridized carbons (Fsp3) is 0.538. The molecule has 1 heterocycles. The molecule has 2 amide bonds. The van der Waals surface area contributed by atoms with Gasteiger partial charge >= 0.3 is 0 Å². The predicted molar refractivity (Wildman–Crippen MR) is 129 cm³/mol. The number of hydrogen-bond donors (Lipinski definition) is 0. The summed E-state index contributed by atoms with van der Waals surface area (Å²) in [6.07, 6.45) is 5.56. The lowest BCUT2D eigenvalue weighted by Crippen LogP contribution is -2.43. The Morgan fingerprint density at radius 2 is 1.69 bits per heavy atom. The number of amides is 2. The average molecular weight is 442 g/mol. The van der Waals surface area contributed by atoms with Crippen molar-refractivity contribution in [1.29, 1.82) is 0 Å². The molecule has 6 nitrogen and oxygen atoms in total. The number of carbonyl (C=O) groups excluding carboxylic acids is 2. The minimum absolute atomic E-state index is 0.0189. The number of benzene rings is 1. The molecule has 0 saturated heterocycles. The summed E-state index contributed by atoms with van der Waals surface area (Å²) in [5.41, 5.74) is 2.89. The van der Waals surface area contributed by atoms with Gasteiger partial charge in [-0.05, 0) is 56.0 Å². The number of hydrogen-bond acceptors (Lipinski definition) is 3. The number of rotatable bonds is 14. The molecule has 0 aliphatic rings. The van der Waals surface area contributed by atoms with Crippen LogP contribution in [0.5, 0.6) is 0 Å². The van der Waals surface area contributed by atoms with E-state index in [-0.39, 0.29) is 18.4 Å². The van der Waals surface area contributed by atoms with E-state index in [1.807, 2.05) is 66.0 Å². The van der Waals surface area contributed by atoms with Crippen LogP contribution < -0.4 is 0 Å². The summed E-state index contributed by atoms with van der Waals surface area (Å²) in [7, 11) is 1.99. The van der Waals surface area contributed by atoms with E-state index in [0.717, 1.165) is 25.0 Å². The van der Waals surface area contributed by atoms with Crippen LogP contribution in [-0.2, 0) is 29.5 Å². The minimum Gasteiger partial charge on any atom is -0.382 e. The van der Waals surface area contributed by atoms with Gasteiger partial charge in [-0.2, -0.15) is 0 Å². The lowest BCUT2D eigenvalue weighted by atomic mass is 10.1. The van der Waals surface area contributed by atoms with Gasteiger partial charge in [0.25, 0.3) is 5.91 Å². The van der Waals surface area contributed by atoms with Crippen molar-refractivity contribution in [2.75, 3.05) is 32.8 Å². The van der Waals surface area contributed by atoms with Crippen LogP contribution in [0.3, 0.4) is 0 Å². The monoisotopic (exact) mass is 441 g/mol. The SMILES string of the molecule is CCCCN(Cc1cccn1C)C(=O)CN(CCCOCC)C(=O)c1ccc(CC)cc1. The molecule has 6 heteroatoms. The van der Waals surface area contributed by atoms with Gasteiger partial charge in [0.15, 0.2) is 0 Å². The second-order valence-electron chi connectivity index (χ2n) is 8.11. The highest BCUT2D eigenvalue weighted by atomic mass is 16.5. The maximum absolute atomic E-state index is 13.3. The Kier molecular flexibility index (Phi) is 11.0. The number of carbonyl (C=O) groups is 2. The highest BCUT2D eigenvalue weighted by Crippen LogP contribution is 2.12. The van der Waals surface area contributed by atoms with Crippen molar-refractivity contribution in [3.8, 4) is 0 Å². The molecule has 0 N–H and O–H groups in total. The quantitative estimate of drug-likeness (QED) is 0.411. The molecule has 32 heavy (non-hydrogen) atoms. The van der Waals surface area contributed by atoms with Gasteiger partial charge in [-0.1, -0.05) is 32.4 Å². The van der Waals surface area contributed by atoms with Crippen LogP contribution in [0.4, 0.5) is 0 Å². The van der Waals surface area contributed by atoms with Gasteiger partial charge < -0.3 is 19.1 Å². The second kappa shape index (κ2) is 13.7. The van der Waals surface area contributed by atoms with E-state index < -0.39 is 0 Å². The Hall–Kier alpha value is -2.60. The first-order valence-electron chi connectivity index (χ1n) is 11.8. The smallest absolute Gasteiger partial charge is 0.254 e. The molecule has 0 radical (unpaired) electrons. The summed E-state index contributed by atoms with van der Waals surface area (Å²) >= 11 is 0. The van der Waals surface area contributed by atoms with Crippen LogP contribution in [0.1, 0.15) is 61.6 Å². The van der Waals surface area contributed by atoms with Crippen molar-refractivity contribution in [3.63, 3.8) is 0 Å². The van der Waals surface area contributed by atoms with Crippen LogP contribution in [0.25, 0.3) is 0 Å². The highest BCUT2D eigenvalue weighted by Gasteiger charge is 2.22. The zero-order valence-electron chi connectivity index (χ0n) is 20.2. The summed E-state index contributed by atoms with van der Waals surface area (Å²) in [4.78, 5) is 30.1. The number of aryl methyl sites for hydroxylation is 2. The van der Waals surface area contributed by atoms with Gasteiger partial charge in [-0.15, -0.1) is 0 Å². The van der Waals surface area contributed by atoms with E-state index in [1.165, 1.54) is 5.56 Å². The Balaban J connectivity index is 2.15. The normalized spacial score (nSPS) is 10.9. The molecule has 0 fully saturated rings. The van der Waals surface area contributed by atoms with Gasteiger partial charge in [-0.25, -0.2) is 0 Å². The number of aromatic nitrogens is 1. The van der Waals surface area contributed by atoms with E-state index in [1.54, 1.807) is 4.90 Å². The second-order valence-corrected chi connectivity index (χ2v) is 8.11. The largest absolute Gasteiger partial charge is 0.382 e. The molecule has 0 atom stereocenters. The first-order valence-corrected chi connectivity index (χ1v) is 11.8. The molecule has 0 spiro atoms. The Morgan fingerprint density at radius 1 is 0.969 bits per heavy atom. The Labute approximate surface area is 193 Å². The lowest BCUT2D eigenvalue weighted by Gasteiger charge is -2.28. The standard InChI is InChI=1S/C26H39N3O3/c1-5-8-17-28(20-24-11-9-16-27(24)4)25(30)21-29(18-10-19-32-7-3)26(31)23-14-12-22(6-2)13-15-23/h9,11-16H,5-8,10,17-21H2,1-4H3. The summed E-state index contributed by atoms with van der Waals surface area (Å²) in [5, 5.41) is 0. The molecule has 1 aromatic carbocycles. The third kappa shape index (κ3) is 7.83. The van der Waals surface area contributed by atoms with E-state index >= 15 is 0 Å². The van der Waals surface area contributed by atoms with Crippen molar-refractivity contribution in [2.45, 2.75) is 53.0 Å². The van der Waals surface area contributed by atoms with Gasteiger partial charge in [0.05, 0.1) is 6.54 Å². The van der Waals surface area contributed by atoms with E-state index in [9.17, 15) is 9.59 Å². The Bertz CT molecular complexity index is 829. The first-order chi connectivity index (χ1) is 15.5. The van der Waals surface area contributed by atoms with Crippen LogP contribution >= 0.6 is 0 Å². The maximum Gasteiger partial charge on any atom is 0.254 e. The summed E-state index contributed by atoms with van der Waals surface area (Å²) in [6.45, 7) is 9.19. The number of nitrogens with zero attached hydrogens (tertiary/aromatic N) is 3. The fourth-order valence-corrected chi connectivity index (χ4v) is 3.58. The molecule has 0 aliphatic carbocycles. The minimum atomic E-state index is -0.105. The number of ether oxygens (including phenoxy) is 1. The molecule has 1 aromatic heterocycles. The van der Waals surface area contributed by atoms with Crippen molar-refractivity contribution in [3.05, 3.63) is 59.4 Å². The molecule has 0 aliphatic heterocycles. The van der Waals surface area contributed by atoms with E-state index in [2.05, 4.69) is 13.8 Å². The summed E-state index contributed by atoms with van der Waals surface area (Å²) in [5.74, 6) is -0.124. The van der Waals surface area contributed by atoms with E-state index in [0.29, 0.717) is 44.8 Å². The molecular formula is C26H39N3O3. The van der Waals surface area contributed by atoms with Gasteiger partial charge in [0.2, 0.25) is 5.91 Å². The lowest BCUT2D eigenvalue weighted by molar-refractivity contribution is -0.132. The van der Waals surface area contributed by atoms with Gasteiger partial charge in [0.1, 0.15) is 6.54 Å². The summed E-state index contributed by atoms with van der Waals surface area (Å²) < 4.78 is 7.49. The van der Waals surface area contributed by atoms with E-state index in [4.69, 9.17) is 4.74 Å². The van der Waals surface area contributed by atoms with Crippen molar-refractivity contribution >= 4 is 11.8 Å². The molecule has 0 saturated carbocycles. The molecular weight excluding hydrogens is 402 g/mol. The molecule has 0 bridgehead atoms. The van der Waals surface area contributed by atoms with Crippen molar-refractivity contribution < 1.29 is 14.3 Å². The fourth-order valence-electron chi connectivity index (χ4n) is 3.58. The molecule has 2 rings (SSSR count). The first kappa shape index (κ1) is 25.7. The topological polar surface area (TPSA) is 54.8 Å². The Morgan fingerprint density at radius 3 is 2.28 bits per heavy atom. The summed E-state index contributed by atoms with van der Waals surface area (Å²) in [6, 6.07) is 11.7. The zero-order valence-corrected chi connectivity index (χ0v) is 20.2. The third-order valence-electron chi connectivity index (χ3n) is 5.68. The van der Waals surface area contributed by atoms with Crippen molar-refractivity contribution in [2.24, 2.45) is 7.05 Å². The van der Waals surface area contributed by atoms with Gasteiger partial charge in [-0.3, -0.25) is 9.59 Å². The molecule has 0 unspecified atom stereocenters. The number of unbranched alkanes of at least 4 members (excludes halogenated alkanes) is 1. The highest BCUT2D eigenvalue weighted by molar-refractivity contribution is 5.96. The predicted octanol–water partition coefficient (Wildman–Crippen LogP) is 4.29. The molecule has 176 valence electrons. The molecule has 2 aromatic rings. The maximum atomic E-state index is 13.3. The average Bonchev–Trinajstić information content (AvgIpc) is 3.22. The third-order valence-corrected chi connectivity index (χ3v) is 5.68. The zero-order chi connectivity index (χ0) is 23.3. The van der Waals surface area contributed by atoms with Crippen LogP contribution in [0, 0.1) is 0 Å². The van der Waals surface area contributed by atoms with Gasteiger partial charge in [0, 0.05) is 50.8 Å². The van der Waals surface area contributed by atoms with Crippen LogP contribution in [0.15, 0.2) is 42.6 Å². The van der Waals surface area contributed by atoms with Crippen LogP contribution in [0.2, 0.25) is 0 Å². The van der Waals surface area contributed by atoms with Crippen LogP contribution in [-0.4, -0.2) is 59.0 Å².